The molecule has 0 saturated carbocycles. The Morgan fingerprint density at radius 1 is 1.03 bits per heavy atom. The molecule has 0 radical (unpaired) electrons. The van der Waals surface area contributed by atoms with Gasteiger partial charge in [-0.25, -0.2) is 0 Å². The Hall–Kier alpha value is -3.58. The van der Waals surface area contributed by atoms with Gasteiger partial charge in [-0.15, -0.1) is 11.3 Å². The van der Waals surface area contributed by atoms with Crippen LogP contribution in [0.5, 0.6) is 17.2 Å². The van der Waals surface area contributed by atoms with Crippen LogP contribution in [0.1, 0.15) is 16.9 Å². The number of hydrogen-bond acceptors (Lipinski definition) is 6. The third kappa shape index (κ3) is 4.11. The Balaban J connectivity index is 1.55. The zero-order valence-electron chi connectivity index (χ0n) is 18.1. The highest BCUT2D eigenvalue weighted by molar-refractivity contribution is 7.20. The number of methoxy groups -OCH3 is 3. The Labute approximate surface area is 190 Å². The summed E-state index contributed by atoms with van der Waals surface area (Å²) >= 11 is 1.56. The van der Waals surface area contributed by atoms with Crippen molar-refractivity contribution < 1.29 is 23.8 Å². The molecule has 0 aliphatic carbocycles. The first-order valence-corrected chi connectivity index (χ1v) is 10.9. The highest BCUT2D eigenvalue weighted by Crippen LogP contribution is 2.38. The average Bonchev–Trinajstić information content (AvgIpc) is 3.25. The molecule has 1 aromatic heterocycles. The minimum atomic E-state index is -0.365. The van der Waals surface area contributed by atoms with E-state index < -0.39 is 0 Å². The lowest BCUT2D eigenvalue weighted by Gasteiger charge is -2.24. The van der Waals surface area contributed by atoms with Crippen molar-refractivity contribution in [3.05, 3.63) is 65.1 Å². The maximum atomic E-state index is 13.1. The van der Waals surface area contributed by atoms with E-state index in [9.17, 15) is 9.59 Å². The number of nitrogens with zero attached hydrogens (tertiary/aromatic N) is 1. The molecule has 2 heterocycles. The number of amides is 2. The van der Waals surface area contributed by atoms with Crippen molar-refractivity contribution in [2.45, 2.75) is 6.42 Å². The third-order valence-corrected chi connectivity index (χ3v) is 6.39. The van der Waals surface area contributed by atoms with E-state index in [-0.39, 0.29) is 11.8 Å². The van der Waals surface area contributed by atoms with Crippen LogP contribution in [-0.4, -0.2) is 44.6 Å². The second kappa shape index (κ2) is 9.28. The lowest BCUT2D eigenvalue weighted by atomic mass is 10.1. The van der Waals surface area contributed by atoms with Crippen LogP contribution in [0.4, 0.5) is 0 Å². The molecule has 164 valence electrons. The van der Waals surface area contributed by atoms with Crippen molar-refractivity contribution in [3.63, 3.8) is 0 Å². The minimum absolute atomic E-state index is 0.276. The standard InChI is InChI=1S/C25H23NO5S/c1-29-19-13-16(14-20(30-2)24(19)31-3)10-11-23(27)26-12-6-8-18(25(26)28)22-15-17-7-4-5-9-21(17)32-22/h4-5,7-11,13-15H,6,12H2,1-3H3. The summed E-state index contributed by atoms with van der Waals surface area (Å²) in [6.45, 7) is 0.353. The molecule has 3 aromatic rings. The van der Waals surface area contributed by atoms with Gasteiger partial charge in [0.15, 0.2) is 11.5 Å². The van der Waals surface area contributed by atoms with Gasteiger partial charge in [-0.05, 0) is 47.7 Å². The number of fused-ring (bicyclic) bond motifs is 1. The summed E-state index contributed by atoms with van der Waals surface area (Å²) in [7, 11) is 4.59. The molecule has 0 N–H and O–H groups in total. The van der Waals surface area contributed by atoms with Gasteiger partial charge in [-0.3, -0.25) is 14.5 Å². The number of carbonyl (C=O) groups excluding carboxylic acids is 2. The van der Waals surface area contributed by atoms with Crippen LogP contribution < -0.4 is 14.2 Å². The van der Waals surface area contributed by atoms with Crippen LogP contribution in [-0.2, 0) is 9.59 Å². The predicted octanol–water partition coefficient (Wildman–Crippen LogP) is 4.78. The topological polar surface area (TPSA) is 65.1 Å². The van der Waals surface area contributed by atoms with E-state index in [0.717, 1.165) is 15.0 Å². The molecule has 0 saturated heterocycles. The molecular weight excluding hydrogens is 426 g/mol. The van der Waals surface area contributed by atoms with Crippen LogP contribution in [0.25, 0.3) is 21.7 Å². The average molecular weight is 450 g/mol. The van der Waals surface area contributed by atoms with Gasteiger partial charge >= 0.3 is 0 Å². The summed E-state index contributed by atoms with van der Waals surface area (Å²) in [6, 6.07) is 13.5. The lowest BCUT2D eigenvalue weighted by Crippen LogP contribution is -2.39. The predicted molar refractivity (Wildman–Crippen MR) is 126 cm³/mol. The van der Waals surface area contributed by atoms with Gasteiger partial charge < -0.3 is 14.2 Å². The highest BCUT2D eigenvalue weighted by Gasteiger charge is 2.27. The van der Waals surface area contributed by atoms with Gasteiger partial charge in [0.2, 0.25) is 5.75 Å². The molecule has 7 heteroatoms. The quantitative estimate of drug-likeness (QED) is 0.507. The van der Waals surface area contributed by atoms with E-state index in [1.54, 1.807) is 29.5 Å². The number of hydrogen-bond donors (Lipinski definition) is 0. The first-order valence-electron chi connectivity index (χ1n) is 10.1. The zero-order valence-corrected chi connectivity index (χ0v) is 18.9. The highest BCUT2D eigenvalue weighted by atomic mass is 32.1. The Bertz CT molecular complexity index is 1180. The van der Waals surface area contributed by atoms with Gasteiger partial charge in [-0.2, -0.15) is 0 Å². The summed E-state index contributed by atoms with van der Waals surface area (Å²) in [4.78, 5) is 28.1. The van der Waals surface area contributed by atoms with Crippen molar-refractivity contribution in [2.24, 2.45) is 0 Å². The Morgan fingerprint density at radius 2 is 1.75 bits per heavy atom. The number of rotatable bonds is 6. The molecule has 0 unspecified atom stereocenters. The van der Waals surface area contributed by atoms with Gasteiger partial charge in [0.25, 0.3) is 11.8 Å². The van der Waals surface area contributed by atoms with Crippen LogP contribution >= 0.6 is 11.3 Å². The molecule has 32 heavy (non-hydrogen) atoms. The fraction of sp³-hybridized carbons (Fsp3) is 0.200. The largest absolute Gasteiger partial charge is 0.493 e. The van der Waals surface area contributed by atoms with Crippen LogP contribution in [0.2, 0.25) is 0 Å². The Kier molecular flexibility index (Phi) is 6.28. The van der Waals surface area contributed by atoms with Crippen molar-refractivity contribution in [3.8, 4) is 17.2 Å². The number of carbonyl (C=O) groups is 2. The smallest absolute Gasteiger partial charge is 0.261 e. The molecule has 0 bridgehead atoms. The van der Waals surface area contributed by atoms with Crippen LogP contribution in [0.3, 0.4) is 0 Å². The van der Waals surface area contributed by atoms with Crippen molar-refractivity contribution in [1.82, 2.24) is 4.90 Å². The maximum Gasteiger partial charge on any atom is 0.261 e. The molecule has 0 atom stereocenters. The molecular formula is C25H23NO5S. The summed E-state index contributed by atoms with van der Waals surface area (Å²) in [6.07, 6.45) is 5.57. The number of ether oxygens (including phenoxy) is 3. The van der Waals surface area contributed by atoms with E-state index >= 15 is 0 Å². The monoisotopic (exact) mass is 449 g/mol. The molecule has 1 aliphatic heterocycles. The summed E-state index contributed by atoms with van der Waals surface area (Å²) in [5.41, 5.74) is 1.27. The minimum Gasteiger partial charge on any atom is -0.493 e. The second-order valence-electron chi connectivity index (χ2n) is 7.14. The molecule has 6 nitrogen and oxygen atoms in total. The first kappa shape index (κ1) is 21.6. The number of thiophene rings is 1. The molecule has 2 aromatic carbocycles. The fourth-order valence-electron chi connectivity index (χ4n) is 3.66. The van der Waals surface area contributed by atoms with Gasteiger partial charge in [0, 0.05) is 22.2 Å². The SMILES string of the molecule is COc1cc(C=CC(=O)N2CCC=C(c3cc4ccccc4s3)C2=O)cc(OC)c1OC. The number of imide groups is 1. The van der Waals surface area contributed by atoms with E-state index in [0.29, 0.717) is 41.4 Å². The van der Waals surface area contributed by atoms with Crippen molar-refractivity contribution in [1.29, 1.82) is 0 Å². The van der Waals surface area contributed by atoms with E-state index in [2.05, 4.69) is 0 Å². The summed E-state index contributed by atoms with van der Waals surface area (Å²) in [5.74, 6) is 0.812. The van der Waals surface area contributed by atoms with Crippen LogP contribution in [0, 0.1) is 0 Å². The van der Waals surface area contributed by atoms with E-state index in [1.807, 2.05) is 36.4 Å². The second-order valence-corrected chi connectivity index (χ2v) is 8.23. The van der Waals surface area contributed by atoms with Gasteiger partial charge in [-0.1, -0.05) is 24.3 Å². The molecule has 4 rings (SSSR count). The van der Waals surface area contributed by atoms with Crippen molar-refractivity contribution >= 4 is 44.9 Å². The molecule has 2 amide bonds. The zero-order chi connectivity index (χ0) is 22.7. The number of benzene rings is 2. The van der Waals surface area contributed by atoms with Crippen LogP contribution in [0.15, 0.2) is 54.6 Å². The van der Waals surface area contributed by atoms with Crippen molar-refractivity contribution in [2.75, 3.05) is 27.9 Å². The lowest BCUT2D eigenvalue weighted by molar-refractivity contribution is -0.138. The molecule has 0 spiro atoms. The van der Waals surface area contributed by atoms with Gasteiger partial charge in [0.1, 0.15) is 0 Å². The summed E-state index contributed by atoms with van der Waals surface area (Å²) in [5, 5.41) is 1.09. The Morgan fingerprint density at radius 3 is 2.41 bits per heavy atom. The first-order chi connectivity index (χ1) is 15.5. The molecule has 1 aliphatic rings. The van der Waals surface area contributed by atoms with Gasteiger partial charge in [0.05, 0.1) is 26.9 Å². The third-order valence-electron chi connectivity index (χ3n) is 5.24. The van der Waals surface area contributed by atoms with E-state index in [1.165, 1.54) is 32.3 Å². The maximum absolute atomic E-state index is 13.1. The summed E-state index contributed by atoms with van der Waals surface area (Å²) < 4.78 is 17.1. The molecule has 0 fully saturated rings. The fourth-order valence-corrected chi connectivity index (χ4v) is 4.75. The van der Waals surface area contributed by atoms with E-state index in [4.69, 9.17) is 14.2 Å². The normalized spacial score (nSPS) is 14.0.